The van der Waals surface area contributed by atoms with Crippen molar-refractivity contribution in [2.75, 3.05) is 7.11 Å². The maximum Gasteiger partial charge on any atom is 0.224 e. The lowest BCUT2D eigenvalue weighted by Gasteiger charge is -2.15. The van der Waals surface area contributed by atoms with Gasteiger partial charge in [0.15, 0.2) is 0 Å². The first-order valence-corrected chi connectivity index (χ1v) is 6.37. The topological polar surface area (TPSA) is 64.3 Å². The molecule has 106 valence electrons. The minimum absolute atomic E-state index is 0. The first-order chi connectivity index (χ1) is 8.70. The fraction of sp³-hybridized carbons (Fsp3) is 0.500. The molecule has 1 aromatic rings. The molecule has 0 saturated heterocycles. The van der Waals surface area contributed by atoms with Crippen LogP contribution in [0.5, 0.6) is 5.75 Å². The van der Waals surface area contributed by atoms with Crippen LogP contribution in [-0.2, 0) is 11.3 Å². The van der Waals surface area contributed by atoms with Crippen molar-refractivity contribution in [3.05, 3.63) is 29.8 Å². The van der Waals surface area contributed by atoms with Crippen LogP contribution in [0.3, 0.4) is 0 Å². The molecule has 0 heterocycles. The van der Waals surface area contributed by atoms with Gasteiger partial charge < -0.3 is 15.8 Å². The summed E-state index contributed by atoms with van der Waals surface area (Å²) >= 11 is 0. The molecule has 4 nitrogen and oxygen atoms in total. The van der Waals surface area contributed by atoms with Gasteiger partial charge in [-0.2, -0.15) is 0 Å². The number of carbonyl (C=O) groups excluding carboxylic acids is 1. The normalized spacial score (nSPS) is 21.6. The Bertz CT molecular complexity index is 408. The molecule has 0 aliphatic heterocycles. The summed E-state index contributed by atoms with van der Waals surface area (Å²) in [5.74, 6) is 0.891. The van der Waals surface area contributed by atoms with E-state index in [1.54, 1.807) is 7.11 Å². The highest BCUT2D eigenvalue weighted by Gasteiger charge is 2.29. The first kappa shape index (κ1) is 15.8. The maximum atomic E-state index is 11.9. The number of hydrogen-bond donors (Lipinski definition) is 2. The Hall–Kier alpha value is -1.26. The van der Waals surface area contributed by atoms with Crippen LogP contribution in [0.2, 0.25) is 0 Å². The van der Waals surface area contributed by atoms with E-state index in [1.807, 2.05) is 24.3 Å². The van der Waals surface area contributed by atoms with Gasteiger partial charge in [0.25, 0.3) is 0 Å². The summed E-state index contributed by atoms with van der Waals surface area (Å²) < 4.78 is 5.09. The predicted molar refractivity (Wildman–Crippen MR) is 77.4 cm³/mol. The Kier molecular flexibility index (Phi) is 6.12. The number of nitrogens with one attached hydrogen (secondary N) is 1. The quantitative estimate of drug-likeness (QED) is 0.887. The van der Waals surface area contributed by atoms with Crippen molar-refractivity contribution < 1.29 is 9.53 Å². The summed E-state index contributed by atoms with van der Waals surface area (Å²) in [5.41, 5.74) is 6.97. The number of ether oxygens (including phenoxy) is 1. The molecule has 2 atom stereocenters. The van der Waals surface area contributed by atoms with Crippen LogP contribution in [0, 0.1) is 5.92 Å². The Balaban J connectivity index is 0.00000180. The molecule has 19 heavy (non-hydrogen) atoms. The number of carbonyl (C=O) groups is 1. The van der Waals surface area contributed by atoms with Crippen molar-refractivity contribution in [1.29, 1.82) is 0 Å². The average Bonchev–Trinajstić information content (AvgIpc) is 2.83. The second-order valence-corrected chi connectivity index (χ2v) is 4.77. The lowest BCUT2D eigenvalue weighted by Crippen LogP contribution is -2.38. The van der Waals surface area contributed by atoms with E-state index in [-0.39, 0.29) is 30.3 Å². The molecular weight excluding hydrogens is 264 g/mol. The molecule has 0 aromatic heterocycles. The second-order valence-electron chi connectivity index (χ2n) is 4.77. The van der Waals surface area contributed by atoms with E-state index in [9.17, 15) is 4.79 Å². The molecular formula is C14H21ClN2O2. The third-order valence-corrected chi connectivity index (χ3v) is 3.53. The Morgan fingerprint density at radius 3 is 2.58 bits per heavy atom. The third-order valence-electron chi connectivity index (χ3n) is 3.53. The molecule has 1 saturated carbocycles. The van der Waals surface area contributed by atoms with E-state index >= 15 is 0 Å². The van der Waals surface area contributed by atoms with E-state index in [0.29, 0.717) is 6.54 Å². The van der Waals surface area contributed by atoms with Crippen LogP contribution in [0.4, 0.5) is 0 Å². The Morgan fingerprint density at radius 1 is 1.37 bits per heavy atom. The van der Waals surface area contributed by atoms with Crippen molar-refractivity contribution in [2.24, 2.45) is 11.7 Å². The van der Waals surface area contributed by atoms with Crippen LogP contribution in [-0.4, -0.2) is 19.1 Å². The summed E-state index contributed by atoms with van der Waals surface area (Å²) in [5, 5.41) is 2.95. The van der Waals surface area contributed by atoms with E-state index in [1.165, 1.54) is 0 Å². The van der Waals surface area contributed by atoms with Crippen molar-refractivity contribution in [3.8, 4) is 5.75 Å². The standard InChI is InChI=1S/C14H20N2O2.ClH/c1-18-11-7-5-10(6-8-11)9-16-14(17)12-3-2-4-13(12)15;/h5-8,12-13H,2-4,9,15H2,1H3,(H,16,17);1H. The molecule has 2 unspecified atom stereocenters. The second kappa shape index (κ2) is 7.36. The monoisotopic (exact) mass is 284 g/mol. The molecule has 1 amide bonds. The molecule has 1 aromatic carbocycles. The van der Waals surface area contributed by atoms with Crippen LogP contribution >= 0.6 is 12.4 Å². The summed E-state index contributed by atoms with van der Waals surface area (Å²) in [6.45, 7) is 0.548. The first-order valence-electron chi connectivity index (χ1n) is 6.37. The maximum absolute atomic E-state index is 11.9. The van der Waals surface area contributed by atoms with Gasteiger partial charge in [-0.3, -0.25) is 4.79 Å². The molecule has 1 aliphatic carbocycles. The van der Waals surface area contributed by atoms with Crippen molar-refractivity contribution >= 4 is 18.3 Å². The van der Waals surface area contributed by atoms with Gasteiger partial charge in [-0.1, -0.05) is 18.6 Å². The SMILES string of the molecule is COc1ccc(CNC(=O)C2CCCC2N)cc1.Cl. The van der Waals surface area contributed by atoms with E-state index in [0.717, 1.165) is 30.6 Å². The molecule has 2 rings (SSSR count). The molecule has 1 aliphatic rings. The fourth-order valence-electron chi connectivity index (χ4n) is 2.38. The zero-order chi connectivity index (χ0) is 13.0. The van der Waals surface area contributed by atoms with Crippen molar-refractivity contribution in [1.82, 2.24) is 5.32 Å². The largest absolute Gasteiger partial charge is 0.497 e. The molecule has 1 fully saturated rings. The number of benzene rings is 1. The summed E-state index contributed by atoms with van der Waals surface area (Å²) in [4.78, 5) is 11.9. The lowest BCUT2D eigenvalue weighted by atomic mass is 10.0. The van der Waals surface area contributed by atoms with Crippen molar-refractivity contribution in [2.45, 2.75) is 31.8 Å². The molecule has 0 bridgehead atoms. The average molecular weight is 285 g/mol. The highest BCUT2D eigenvalue weighted by Crippen LogP contribution is 2.24. The molecule has 0 radical (unpaired) electrons. The van der Waals surface area contributed by atoms with Gasteiger partial charge in [-0.05, 0) is 30.5 Å². The Morgan fingerprint density at radius 2 is 2.05 bits per heavy atom. The van der Waals surface area contributed by atoms with Gasteiger partial charge in [0.2, 0.25) is 5.91 Å². The molecule has 0 spiro atoms. The zero-order valence-electron chi connectivity index (χ0n) is 11.1. The van der Waals surface area contributed by atoms with E-state index in [4.69, 9.17) is 10.5 Å². The minimum Gasteiger partial charge on any atom is -0.497 e. The summed E-state index contributed by atoms with van der Waals surface area (Å²) in [6, 6.07) is 7.72. The number of amides is 1. The number of rotatable bonds is 4. The van der Waals surface area contributed by atoms with Crippen LogP contribution in [0.25, 0.3) is 0 Å². The van der Waals surface area contributed by atoms with Crippen molar-refractivity contribution in [3.63, 3.8) is 0 Å². The number of halogens is 1. The highest BCUT2D eigenvalue weighted by molar-refractivity contribution is 5.85. The third kappa shape index (κ3) is 4.11. The van der Waals surface area contributed by atoms with Gasteiger partial charge in [0.05, 0.1) is 13.0 Å². The van der Waals surface area contributed by atoms with E-state index < -0.39 is 0 Å². The van der Waals surface area contributed by atoms with Crippen LogP contribution < -0.4 is 15.8 Å². The zero-order valence-corrected chi connectivity index (χ0v) is 11.9. The highest BCUT2D eigenvalue weighted by atomic mass is 35.5. The summed E-state index contributed by atoms with van der Waals surface area (Å²) in [6.07, 6.45) is 2.93. The van der Waals surface area contributed by atoms with Gasteiger partial charge in [-0.25, -0.2) is 0 Å². The van der Waals surface area contributed by atoms with Gasteiger partial charge in [-0.15, -0.1) is 12.4 Å². The fourth-order valence-corrected chi connectivity index (χ4v) is 2.38. The number of methoxy groups -OCH3 is 1. The summed E-state index contributed by atoms with van der Waals surface area (Å²) in [7, 11) is 1.64. The predicted octanol–water partition coefficient (Wildman–Crippen LogP) is 1.86. The van der Waals surface area contributed by atoms with E-state index in [2.05, 4.69) is 5.32 Å². The Labute approximate surface area is 120 Å². The minimum atomic E-state index is -0.0109. The number of hydrogen-bond acceptors (Lipinski definition) is 3. The van der Waals surface area contributed by atoms with Gasteiger partial charge in [0, 0.05) is 12.6 Å². The lowest BCUT2D eigenvalue weighted by molar-refractivity contribution is -0.125. The van der Waals surface area contributed by atoms with Gasteiger partial charge >= 0.3 is 0 Å². The molecule has 5 heteroatoms. The molecule has 3 N–H and O–H groups in total. The smallest absolute Gasteiger partial charge is 0.224 e. The van der Waals surface area contributed by atoms with Crippen LogP contribution in [0.15, 0.2) is 24.3 Å². The number of nitrogens with two attached hydrogens (primary N) is 1. The van der Waals surface area contributed by atoms with Crippen LogP contribution in [0.1, 0.15) is 24.8 Å². The van der Waals surface area contributed by atoms with Gasteiger partial charge in [0.1, 0.15) is 5.75 Å².